The highest BCUT2D eigenvalue weighted by molar-refractivity contribution is 6.11. The molecule has 0 radical (unpaired) electrons. The van der Waals surface area contributed by atoms with Crippen LogP contribution in [0.2, 0.25) is 0 Å². The topological polar surface area (TPSA) is 404 Å². The Balaban J connectivity index is 0.000000821. The van der Waals surface area contributed by atoms with Gasteiger partial charge in [0.1, 0.15) is 11.6 Å². The Kier molecular flexibility index (Phi) is 22.0. The number of nitrogen functional groups attached to an aromatic ring is 4. The Labute approximate surface area is 308 Å². The van der Waals surface area contributed by atoms with Gasteiger partial charge in [0.05, 0.1) is 12.1 Å². The van der Waals surface area contributed by atoms with Gasteiger partial charge in [-0.2, -0.15) is 15.1 Å². The quantitative estimate of drug-likeness (QED) is 0.0675. The summed E-state index contributed by atoms with van der Waals surface area (Å²) in [5.74, 6) is 7.41. The summed E-state index contributed by atoms with van der Waals surface area (Å²) in [6, 6.07) is 25.2. The van der Waals surface area contributed by atoms with Crippen LogP contribution in [0.15, 0.2) is 97.3 Å². The number of fused-ring (bicyclic) bond motifs is 1. The Morgan fingerprint density at radius 1 is 0.741 bits per heavy atom. The molecule has 0 aliphatic heterocycles. The first-order valence-corrected chi connectivity index (χ1v) is 15.0. The molecule has 3 aromatic heterocycles. The molecule has 288 valence electrons. The molecule has 54 heavy (non-hydrogen) atoms. The Morgan fingerprint density at radius 2 is 1.30 bits per heavy atom. The Bertz CT molecular complexity index is 1960. The average Bonchev–Trinajstić information content (AvgIpc) is 3.54. The number of rotatable bonds is 5. The van der Waals surface area contributed by atoms with Gasteiger partial charge in [-0.25, -0.2) is 9.97 Å². The first kappa shape index (κ1) is 46.5. The van der Waals surface area contributed by atoms with Gasteiger partial charge in [-0.15, -0.1) is 0 Å². The third-order valence-electron chi connectivity index (χ3n) is 5.61. The summed E-state index contributed by atoms with van der Waals surface area (Å²) < 4.78 is 0. The van der Waals surface area contributed by atoms with Crippen LogP contribution in [-0.2, 0) is 16.2 Å². The van der Waals surface area contributed by atoms with E-state index in [1.165, 1.54) is 6.20 Å². The molecule has 0 saturated carbocycles. The number of aliphatic hydroxyl groups is 1. The molecule has 1 amide bonds. The number of aliphatic hydroxyl groups excluding tert-OH is 1. The molecule has 0 bridgehead atoms. The number of hydrogen-bond acceptors (Lipinski definition) is 16. The molecule has 0 unspecified atom stereocenters. The standard InChI is InChI=1S/C18H15N7O.C7H9NO.C4H6N4.2C2H4O2.H4N2.H2O/c19-18-20-9-8-15(23-18)21-12-6-7-14-13(10-12)16(25-24-14)17(26)22-11-4-2-1-3-5-11;8-7-3-1-6(5-9)2-4-7;5-3-1-2-7-4(6)8-3;2*1-2(3)4;1-2;/h1-10H,(H,22,26)(H,24,25)(H3,19,20,21,23);1-4,9H,5,8H2;1-2H,(H4,5,6,7,8);2*1H3,(H,3,4);1-2H2;1H2. The Hall–Kier alpha value is -7.46. The van der Waals surface area contributed by atoms with Gasteiger partial charge >= 0.3 is 0 Å². The second kappa shape index (κ2) is 25.5. The third-order valence-corrected chi connectivity index (χ3v) is 5.61. The molecule has 0 saturated heterocycles. The van der Waals surface area contributed by atoms with Gasteiger partial charge in [0.25, 0.3) is 17.8 Å². The van der Waals surface area contributed by atoms with Crippen molar-refractivity contribution in [3.05, 3.63) is 109 Å². The molecule has 0 aliphatic rings. The van der Waals surface area contributed by atoms with Gasteiger partial charge in [-0.1, -0.05) is 30.3 Å². The molecular weight excluding hydrogens is 704 g/mol. The van der Waals surface area contributed by atoms with Crippen LogP contribution < -0.4 is 45.3 Å². The molecule has 6 aromatic rings. The molecule has 0 spiro atoms. The summed E-state index contributed by atoms with van der Waals surface area (Å²) in [6.45, 7) is 2.25. The number of anilines is 7. The summed E-state index contributed by atoms with van der Waals surface area (Å²) in [5, 5.41) is 37.1. The number of hydrogen-bond donors (Lipinski definition) is 12. The van der Waals surface area contributed by atoms with E-state index in [0.717, 1.165) is 36.3 Å². The van der Waals surface area contributed by atoms with Crippen LogP contribution >= 0.6 is 0 Å². The van der Waals surface area contributed by atoms with E-state index >= 15 is 0 Å². The van der Waals surface area contributed by atoms with Crippen LogP contribution in [-0.4, -0.2) is 68.8 Å². The molecule has 0 fully saturated rings. The van der Waals surface area contributed by atoms with Crippen molar-refractivity contribution in [2.75, 3.05) is 33.6 Å². The van der Waals surface area contributed by atoms with Crippen molar-refractivity contribution in [1.29, 1.82) is 0 Å². The minimum atomic E-state index is -0.833. The maximum absolute atomic E-state index is 12.6. The van der Waals surface area contributed by atoms with Gasteiger partial charge in [0.15, 0.2) is 5.69 Å². The number of benzene rings is 3. The number of nitrogens with one attached hydrogen (secondary N) is 3. The fraction of sp³-hybridized carbons (Fsp3) is 0.0909. The number of aliphatic carboxylic acids is 2. The van der Waals surface area contributed by atoms with Crippen LogP contribution in [0.5, 0.6) is 0 Å². The van der Waals surface area contributed by atoms with Gasteiger partial charge < -0.3 is 54.4 Å². The van der Waals surface area contributed by atoms with E-state index in [9.17, 15) is 4.79 Å². The number of nitrogens with zero attached hydrogens (tertiary/aromatic N) is 5. The van der Waals surface area contributed by atoms with Crippen LogP contribution in [0.1, 0.15) is 29.9 Å². The zero-order valence-corrected chi connectivity index (χ0v) is 29.2. The molecule has 3 aromatic carbocycles. The van der Waals surface area contributed by atoms with Gasteiger partial charge in [-0.05, 0) is 60.2 Å². The lowest BCUT2D eigenvalue weighted by Crippen LogP contribution is -2.12. The van der Waals surface area contributed by atoms with E-state index in [-0.39, 0.29) is 29.9 Å². The fourth-order valence-electron chi connectivity index (χ4n) is 3.58. The maximum atomic E-state index is 12.6. The van der Waals surface area contributed by atoms with E-state index in [1.54, 1.807) is 42.6 Å². The predicted molar refractivity (Wildman–Crippen MR) is 206 cm³/mol. The van der Waals surface area contributed by atoms with Crippen molar-refractivity contribution in [3.8, 4) is 0 Å². The number of carbonyl (C=O) groups excluding carboxylic acids is 1. The highest BCUT2D eigenvalue weighted by Gasteiger charge is 2.15. The SMILES string of the molecule is CC(=O)O.CC(=O)O.NN.Nc1ccc(CO)cc1.Nc1ccnc(N)n1.Nc1nccc(Nc2ccc3[nH]nc(C(=O)Nc4ccccc4)c3c2)n1.O. The molecule has 0 atom stereocenters. The molecule has 21 heteroatoms. The zero-order chi connectivity index (χ0) is 39.8. The van der Waals surface area contributed by atoms with Crippen LogP contribution in [0.25, 0.3) is 10.9 Å². The minimum Gasteiger partial charge on any atom is -0.481 e. The van der Waals surface area contributed by atoms with E-state index in [1.807, 2.05) is 48.5 Å². The van der Waals surface area contributed by atoms with Crippen molar-refractivity contribution in [2.24, 2.45) is 11.7 Å². The number of aromatic nitrogens is 6. The zero-order valence-electron chi connectivity index (χ0n) is 29.2. The van der Waals surface area contributed by atoms with Crippen molar-refractivity contribution in [1.82, 2.24) is 30.1 Å². The number of nitrogens with two attached hydrogens (primary N) is 6. The first-order chi connectivity index (χ1) is 25.3. The van der Waals surface area contributed by atoms with Crippen molar-refractivity contribution >= 4 is 69.3 Å². The second-order valence-corrected chi connectivity index (χ2v) is 9.86. The number of carboxylic acid groups (broad SMARTS) is 2. The number of H-pyrrole nitrogens is 1. The average molecular weight is 749 g/mol. The number of aromatic amines is 1. The lowest BCUT2D eigenvalue weighted by atomic mass is 10.1. The summed E-state index contributed by atoms with van der Waals surface area (Å²) in [6.07, 6.45) is 3.08. The van der Waals surface area contributed by atoms with Crippen molar-refractivity contribution in [2.45, 2.75) is 20.5 Å². The summed E-state index contributed by atoms with van der Waals surface area (Å²) in [5.41, 5.74) is 25.5. The Morgan fingerprint density at radius 3 is 1.80 bits per heavy atom. The maximum Gasteiger partial charge on any atom is 0.300 e. The van der Waals surface area contributed by atoms with Crippen LogP contribution in [0, 0.1) is 0 Å². The fourth-order valence-corrected chi connectivity index (χ4v) is 3.58. The molecular formula is C33H44N14O7. The lowest BCUT2D eigenvalue weighted by molar-refractivity contribution is -0.135. The molecule has 20 N–H and O–H groups in total. The van der Waals surface area contributed by atoms with E-state index in [4.69, 9.17) is 47.8 Å². The number of carboxylic acids is 2. The lowest BCUT2D eigenvalue weighted by Gasteiger charge is -2.06. The molecule has 6 rings (SSSR count). The largest absolute Gasteiger partial charge is 0.481 e. The monoisotopic (exact) mass is 748 g/mol. The normalized spacial score (nSPS) is 9.06. The van der Waals surface area contributed by atoms with E-state index in [2.05, 4.69) is 52.5 Å². The van der Waals surface area contributed by atoms with E-state index < -0.39 is 11.9 Å². The first-order valence-electron chi connectivity index (χ1n) is 15.0. The summed E-state index contributed by atoms with van der Waals surface area (Å²) in [4.78, 5) is 45.8. The minimum absolute atomic E-state index is 0. The highest BCUT2D eigenvalue weighted by Crippen LogP contribution is 2.23. The predicted octanol–water partition coefficient (Wildman–Crippen LogP) is 1.51. The smallest absolute Gasteiger partial charge is 0.300 e. The van der Waals surface area contributed by atoms with Gasteiger partial charge in [-0.3, -0.25) is 31.2 Å². The third kappa shape index (κ3) is 19.1. The molecule has 3 heterocycles. The molecule has 21 nitrogen and oxygen atoms in total. The number of hydrazine groups is 1. The number of carbonyl (C=O) groups is 3. The van der Waals surface area contributed by atoms with Crippen molar-refractivity contribution < 1.29 is 35.2 Å². The summed E-state index contributed by atoms with van der Waals surface area (Å²) >= 11 is 0. The van der Waals surface area contributed by atoms with Crippen LogP contribution in [0.3, 0.4) is 0 Å². The van der Waals surface area contributed by atoms with E-state index in [0.29, 0.717) is 28.4 Å². The van der Waals surface area contributed by atoms with Crippen molar-refractivity contribution in [3.63, 3.8) is 0 Å². The van der Waals surface area contributed by atoms with Gasteiger partial charge in [0.2, 0.25) is 11.9 Å². The highest BCUT2D eigenvalue weighted by atomic mass is 16.4. The second-order valence-electron chi connectivity index (χ2n) is 9.86. The van der Waals surface area contributed by atoms with Gasteiger partial charge in [0, 0.05) is 48.7 Å². The molecule has 0 aliphatic carbocycles. The van der Waals surface area contributed by atoms with Crippen LogP contribution in [0.4, 0.5) is 40.6 Å². The summed E-state index contributed by atoms with van der Waals surface area (Å²) in [7, 11) is 0. The number of amides is 1. The number of para-hydroxylation sites is 1.